The van der Waals surface area contributed by atoms with E-state index in [0.29, 0.717) is 5.56 Å². The van der Waals surface area contributed by atoms with Gasteiger partial charge in [-0.05, 0) is 52.3 Å². The lowest BCUT2D eigenvalue weighted by Gasteiger charge is -2.18. The van der Waals surface area contributed by atoms with Gasteiger partial charge >= 0.3 is 6.36 Å². The summed E-state index contributed by atoms with van der Waals surface area (Å²) in [4.78, 5) is 4.06. The summed E-state index contributed by atoms with van der Waals surface area (Å²) in [6.07, 6.45) is -1.41. The van der Waals surface area contributed by atoms with Gasteiger partial charge in [-0.15, -0.1) is 13.2 Å². The van der Waals surface area contributed by atoms with E-state index in [9.17, 15) is 13.2 Å². The van der Waals surface area contributed by atoms with Crippen LogP contribution in [-0.2, 0) is 0 Å². The van der Waals surface area contributed by atoms with Crippen LogP contribution in [0.5, 0.6) is 5.75 Å². The summed E-state index contributed by atoms with van der Waals surface area (Å²) in [5, 5.41) is 3.05. The number of pyridine rings is 1. The zero-order valence-corrected chi connectivity index (χ0v) is 12.6. The Hall–Kier alpha value is -1.60. The van der Waals surface area contributed by atoms with Crippen molar-refractivity contribution in [3.8, 4) is 5.75 Å². The summed E-state index contributed by atoms with van der Waals surface area (Å²) in [6, 6.07) is 7.44. The van der Waals surface area contributed by atoms with E-state index in [1.54, 1.807) is 25.5 Å². The van der Waals surface area contributed by atoms with Crippen LogP contribution < -0.4 is 10.1 Å². The summed E-state index contributed by atoms with van der Waals surface area (Å²) >= 11 is 3.32. The molecule has 1 heterocycles. The number of halogens is 4. The van der Waals surface area contributed by atoms with Crippen molar-refractivity contribution in [1.29, 1.82) is 0 Å². The van der Waals surface area contributed by atoms with Crippen LogP contribution in [0.2, 0.25) is 0 Å². The van der Waals surface area contributed by atoms with Crippen molar-refractivity contribution in [2.45, 2.75) is 12.4 Å². The number of nitrogens with zero attached hydrogens (tertiary/aromatic N) is 1. The predicted octanol–water partition coefficient (Wildman–Crippen LogP) is 4.05. The van der Waals surface area contributed by atoms with Gasteiger partial charge in [0.05, 0.1) is 6.04 Å². The molecular formula is C14H12BrF3N2O. The van der Waals surface area contributed by atoms with E-state index in [1.165, 1.54) is 18.2 Å². The second-order valence-corrected chi connectivity index (χ2v) is 5.19. The summed E-state index contributed by atoms with van der Waals surface area (Å²) in [5.41, 5.74) is 1.48. The molecule has 0 bridgehead atoms. The molecule has 0 amide bonds. The topological polar surface area (TPSA) is 34.2 Å². The van der Waals surface area contributed by atoms with E-state index < -0.39 is 6.36 Å². The van der Waals surface area contributed by atoms with Crippen molar-refractivity contribution >= 4 is 15.9 Å². The number of hydrogen-bond donors (Lipinski definition) is 1. The van der Waals surface area contributed by atoms with Gasteiger partial charge in [-0.25, -0.2) is 0 Å². The van der Waals surface area contributed by atoms with Crippen LogP contribution >= 0.6 is 15.9 Å². The smallest absolute Gasteiger partial charge is 0.406 e. The van der Waals surface area contributed by atoms with Gasteiger partial charge in [0.2, 0.25) is 0 Å². The van der Waals surface area contributed by atoms with Gasteiger partial charge < -0.3 is 10.1 Å². The first-order valence-corrected chi connectivity index (χ1v) is 6.82. The Morgan fingerprint density at radius 1 is 1.19 bits per heavy atom. The molecule has 112 valence electrons. The molecule has 1 unspecified atom stereocenters. The quantitative estimate of drug-likeness (QED) is 0.892. The molecule has 0 fully saturated rings. The highest BCUT2D eigenvalue weighted by molar-refractivity contribution is 9.10. The minimum atomic E-state index is -4.70. The van der Waals surface area contributed by atoms with Crippen molar-refractivity contribution in [3.05, 3.63) is 58.3 Å². The first-order valence-electron chi connectivity index (χ1n) is 6.02. The highest BCUT2D eigenvalue weighted by Crippen LogP contribution is 2.28. The summed E-state index contributed by atoms with van der Waals surface area (Å²) in [5.74, 6) is -0.247. The zero-order valence-electron chi connectivity index (χ0n) is 11.0. The maximum absolute atomic E-state index is 12.3. The third-order valence-electron chi connectivity index (χ3n) is 2.77. The van der Waals surface area contributed by atoms with E-state index in [-0.39, 0.29) is 11.8 Å². The van der Waals surface area contributed by atoms with Crippen LogP contribution in [0.25, 0.3) is 0 Å². The first-order chi connectivity index (χ1) is 9.89. The summed E-state index contributed by atoms with van der Waals surface area (Å²) in [6.45, 7) is 0. The molecule has 3 nitrogen and oxygen atoms in total. The molecule has 1 N–H and O–H groups in total. The number of aromatic nitrogens is 1. The average Bonchev–Trinajstić information content (AvgIpc) is 2.38. The van der Waals surface area contributed by atoms with E-state index in [0.717, 1.165) is 10.0 Å². The predicted molar refractivity (Wildman–Crippen MR) is 76.0 cm³/mol. The molecule has 0 spiro atoms. The Balaban J connectivity index is 2.32. The molecule has 0 aliphatic carbocycles. The molecule has 21 heavy (non-hydrogen) atoms. The number of alkyl halides is 3. The van der Waals surface area contributed by atoms with Gasteiger partial charge in [0.25, 0.3) is 0 Å². The molecule has 0 saturated carbocycles. The van der Waals surface area contributed by atoms with Crippen molar-refractivity contribution < 1.29 is 17.9 Å². The summed E-state index contributed by atoms with van der Waals surface area (Å²) < 4.78 is 41.6. The fourth-order valence-electron chi connectivity index (χ4n) is 2.00. The number of nitrogens with one attached hydrogen (secondary N) is 1. The maximum atomic E-state index is 12.3. The van der Waals surface area contributed by atoms with Crippen LogP contribution in [0.4, 0.5) is 13.2 Å². The van der Waals surface area contributed by atoms with Gasteiger partial charge in [0, 0.05) is 16.9 Å². The fourth-order valence-corrected chi connectivity index (χ4v) is 2.39. The molecular weight excluding hydrogens is 349 g/mol. The Bertz CT molecular complexity index is 619. The van der Waals surface area contributed by atoms with Crippen molar-refractivity contribution in [2.24, 2.45) is 0 Å². The highest BCUT2D eigenvalue weighted by atomic mass is 79.9. The van der Waals surface area contributed by atoms with Gasteiger partial charge in [-0.3, -0.25) is 4.98 Å². The molecule has 1 aromatic heterocycles. The van der Waals surface area contributed by atoms with Crippen molar-refractivity contribution in [3.63, 3.8) is 0 Å². The molecule has 0 aliphatic rings. The molecule has 1 aromatic carbocycles. The SMILES string of the molecule is CNC(c1cncc(Br)c1)c1cccc(OC(F)(F)F)c1. The monoisotopic (exact) mass is 360 g/mol. The Morgan fingerprint density at radius 2 is 1.95 bits per heavy atom. The Morgan fingerprint density at radius 3 is 2.57 bits per heavy atom. The van der Waals surface area contributed by atoms with E-state index >= 15 is 0 Å². The standard InChI is InChI=1S/C14H12BrF3N2O/c1-19-13(10-5-11(15)8-20-7-10)9-3-2-4-12(6-9)21-14(16,17)18/h2-8,13,19H,1H3. The fraction of sp³-hybridized carbons (Fsp3) is 0.214. The number of hydrogen-bond acceptors (Lipinski definition) is 3. The van der Waals surface area contributed by atoms with Gasteiger partial charge in [0.15, 0.2) is 0 Å². The third-order valence-corrected chi connectivity index (χ3v) is 3.21. The minimum absolute atomic E-state index is 0.247. The van der Waals surface area contributed by atoms with E-state index in [1.807, 2.05) is 6.07 Å². The van der Waals surface area contributed by atoms with Gasteiger partial charge in [0.1, 0.15) is 5.75 Å². The van der Waals surface area contributed by atoms with Gasteiger partial charge in [-0.1, -0.05) is 12.1 Å². The molecule has 7 heteroatoms. The van der Waals surface area contributed by atoms with Crippen LogP contribution in [-0.4, -0.2) is 18.4 Å². The molecule has 0 saturated heterocycles. The Kier molecular flexibility index (Phi) is 4.84. The molecule has 0 radical (unpaired) electrons. The van der Waals surface area contributed by atoms with Crippen LogP contribution in [0, 0.1) is 0 Å². The lowest BCUT2D eigenvalue weighted by Crippen LogP contribution is -2.19. The van der Waals surface area contributed by atoms with Crippen LogP contribution in [0.1, 0.15) is 17.2 Å². The highest BCUT2D eigenvalue weighted by Gasteiger charge is 2.31. The van der Waals surface area contributed by atoms with Crippen LogP contribution in [0.3, 0.4) is 0 Å². The molecule has 2 aromatic rings. The lowest BCUT2D eigenvalue weighted by molar-refractivity contribution is -0.274. The first kappa shape index (κ1) is 15.8. The van der Waals surface area contributed by atoms with E-state index in [4.69, 9.17) is 0 Å². The molecule has 1 atom stereocenters. The lowest BCUT2D eigenvalue weighted by atomic mass is 10.0. The largest absolute Gasteiger partial charge is 0.573 e. The maximum Gasteiger partial charge on any atom is 0.573 e. The van der Waals surface area contributed by atoms with Crippen molar-refractivity contribution in [1.82, 2.24) is 10.3 Å². The number of ether oxygens (including phenoxy) is 1. The van der Waals surface area contributed by atoms with E-state index in [2.05, 4.69) is 31.0 Å². The van der Waals surface area contributed by atoms with Crippen LogP contribution in [0.15, 0.2) is 47.2 Å². The van der Waals surface area contributed by atoms with Gasteiger partial charge in [-0.2, -0.15) is 0 Å². The number of rotatable bonds is 4. The average molecular weight is 361 g/mol. The third kappa shape index (κ3) is 4.44. The summed E-state index contributed by atoms with van der Waals surface area (Å²) in [7, 11) is 1.73. The molecule has 0 aliphatic heterocycles. The van der Waals surface area contributed by atoms with Crippen molar-refractivity contribution in [2.75, 3.05) is 7.05 Å². The zero-order chi connectivity index (χ0) is 15.5. The minimum Gasteiger partial charge on any atom is -0.406 e. The Labute approximate surface area is 128 Å². The number of benzene rings is 1. The second kappa shape index (κ2) is 6.44. The molecule has 2 rings (SSSR count). The normalized spacial score (nSPS) is 13.0. The second-order valence-electron chi connectivity index (χ2n) is 4.28.